The lowest BCUT2D eigenvalue weighted by molar-refractivity contribution is 0.628. The molecule has 0 N–H and O–H groups in total. The van der Waals surface area contributed by atoms with Gasteiger partial charge in [-0.3, -0.25) is 0 Å². The fourth-order valence-corrected chi connectivity index (χ4v) is 6.51. The van der Waals surface area contributed by atoms with E-state index in [0.717, 1.165) is 10.4 Å². The number of benzene rings is 2. The number of hydrogen-bond acceptors (Lipinski definition) is 2. The van der Waals surface area contributed by atoms with Gasteiger partial charge in [-0.1, -0.05) is 41.2 Å². The zero-order chi connectivity index (χ0) is 16.4. The van der Waals surface area contributed by atoms with E-state index in [2.05, 4.69) is 32.6 Å². The summed E-state index contributed by atoms with van der Waals surface area (Å²) in [7, 11) is -2.29. The number of aromatic nitrogens is 3. The average molecular weight is 394 g/mol. The molecule has 0 spiro atoms. The minimum Gasteiger partial charge on any atom is -0.243 e. The van der Waals surface area contributed by atoms with Gasteiger partial charge in [0, 0.05) is 6.17 Å². The molecule has 0 aliphatic heterocycles. The Kier molecular flexibility index (Phi) is 4.41. The van der Waals surface area contributed by atoms with Crippen LogP contribution in [-0.2, 0) is 6.17 Å². The SMILES string of the molecule is C[Si](Cn1ncnc1Br)(c1ccc(F)cc1)c1ccc(F)cc1. The lowest BCUT2D eigenvalue weighted by atomic mass is 10.3. The normalized spacial score (nSPS) is 11.7. The molecule has 3 nitrogen and oxygen atoms in total. The second-order valence-electron chi connectivity index (χ2n) is 5.53. The Balaban J connectivity index is 2.10. The van der Waals surface area contributed by atoms with E-state index in [1.165, 1.54) is 30.6 Å². The van der Waals surface area contributed by atoms with E-state index in [4.69, 9.17) is 0 Å². The summed E-state index contributed by atoms with van der Waals surface area (Å²) in [4.78, 5) is 4.09. The van der Waals surface area contributed by atoms with E-state index in [-0.39, 0.29) is 11.6 Å². The van der Waals surface area contributed by atoms with E-state index < -0.39 is 8.07 Å². The molecular formula is C16H14BrF2N3Si. The molecule has 0 unspecified atom stereocenters. The van der Waals surface area contributed by atoms with E-state index in [0.29, 0.717) is 10.9 Å². The molecule has 1 aromatic heterocycles. The highest BCUT2D eigenvalue weighted by atomic mass is 79.9. The number of hydrogen-bond donors (Lipinski definition) is 0. The standard InChI is InChI=1S/C16H14BrF2N3Si/c1-23(11-22-16(17)20-10-21-22,14-6-2-12(18)3-7-14)15-8-4-13(19)5-9-15/h2-10H,11H2,1H3. The first kappa shape index (κ1) is 16.0. The lowest BCUT2D eigenvalue weighted by Crippen LogP contribution is -2.59. The van der Waals surface area contributed by atoms with Gasteiger partial charge in [-0.15, -0.1) is 0 Å². The van der Waals surface area contributed by atoms with Gasteiger partial charge in [-0.25, -0.2) is 18.4 Å². The molecule has 3 rings (SSSR count). The summed E-state index contributed by atoms with van der Waals surface area (Å²) in [5, 5.41) is 6.33. The van der Waals surface area contributed by atoms with Gasteiger partial charge in [-0.2, -0.15) is 5.10 Å². The largest absolute Gasteiger partial charge is 0.243 e. The van der Waals surface area contributed by atoms with Gasteiger partial charge in [0.15, 0.2) is 4.73 Å². The maximum Gasteiger partial charge on any atom is 0.194 e. The van der Waals surface area contributed by atoms with Crippen LogP contribution < -0.4 is 10.4 Å². The van der Waals surface area contributed by atoms with Crippen molar-refractivity contribution in [1.29, 1.82) is 0 Å². The second kappa shape index (κ2) is 6.33. The molecule has 3 aromatic rings. The van der Waals surface area contributed by atoms with E-state index in [1.54, 1.807) is 28.9 Å². The molecule has 0 radical (unpaired) electrons. The zero-order valence-electron chi connectivity index (χ0n) is 12.4. The van der Waals surface area contributed by atoms with Gasteiger partial charge in [0.1, 0.15) is 26.0 Å². The summed E-state index contributed by atoms with van der Waals surface area (Å²) in [5.74, 6) is -0.544. The van der Waals surface area contributed by atoms with Crippen LogP contribution in [0.5, 0.6) is 0 Å². The van der Waals surface area contributed by atoms with Crippen LogP contribution in [-0.4, -0.2) is 22.8 Å². The Morgan fingerprint density at radius 2 is 1.43 bits per heavy atom. The fraction of sp³-hybridized carbons (Fsp3) is 0.125. The molecule has 7 heteroatoms. The van der Waals surface area contributed by atoms with Crippen molar-refractivity contribution in [3.63, 3.8) is 0 Å². The molecule has 1 heterocycles. The predicted octanol–water partition coefficient (Wildman–Crippen LogP) is 2.75. The number of nitrogens with zero attached hydrogens (tertiary/aromatic N) is 3. The van der Waals surface area contributed by atoms with Crippen molar-refractivity contribution in [3.8, 4) is 0 Å². The summed E-state index contributed by atoms with van der Waals surface area (Å²) in [6, 6.07) is 13.0. The van der Waals surface area contributed by atoms with Gasteiger partial charge in [-0.05, 0) is 40.2 Å². The van der Waals surface area contributed by atoms with Crippen LogP contribution in [0.15, 0.2) is 59.6 Å². The summed E-state index contributed by atoms with van der Waals surface area (Å²) < 4.78 is 29.0. The van der Waals surface area contributed by atoms with Crippen molar-refractivity contribution < 1.29 is 8.78 Å². The molecule has 0 saturated carbocycles. The maximum absolute atomic E-state index is 13.3. The van der Waals surface area contributed by atoms with Crippen molar-refractivity contribution >= 4 is 34.4 Å². The molecule has 2 aromatic carbocycles. The van der Waals surface area contributed by atoms with Crippen molar-refractivity contribution in [2.75, 3.05) is 0 Å². The highest BCUT2D eigenvalue weighted by Crippen LogP contribution is 2.13. The van der Waals surface area contributed by atoms with Gasteiger partial charge in [0.05, 0.1) is 0 Å². The molecule has 0 atom stereocenters. The van der Waals surface area contributed by atoms with Gasteiger partial charge >= 0.3 is 0 Å². The van der Waals surface area contributed by atoms with Crippen LogP contribution in [0.1, 0.15) is 0 Å². The maximum atomic E-state index is 13.3. The Bertz CT molecular complexity index is 757. The van der Waals surface area contributed by atoms with E-state index in [9.17, 15) is 8.78 Å². The van der Waals surface area contributed by atoms with Crippen LogP contribution in [0.25, 0.3) is 0 Å². The molecule has 0 amide bonds. The van der Waals surface area contributed by atoms with Crippen LogP contribution in [0, 0.1) is 11.6 Å². The summed E-state index contributed by atoms with van der Waals surface area (Å²) in [6.45, 7) is 2.15. The minimum absolute atomic E-state index is 0.272. The molecular weight excluding hydrogens is 380 g/mol. The minimum atomic E-state index is -2.29. The molecule has 23 heavy (non-hydrogen) atoms. The van der Waals surface area contributed by atoms with Crippen molar-refractivity contribution in [2.45, 2.75) is 12.7 Å². The van der Waals surface area contributed by atoms with Crippen molar-refractivity contribution in [3.05, 3.63) is 71.2 Å². The Labute approximate surface area is 142 Å². The van der Waals surface area contributed by atoms with Crippen LogP contribution in [0.2, 0.25) is 6.55 Å². The lowest BCUT2D eigenvalue weighted by Gasteiger charge is -2.28. The average Bonchev–Trinajstić information content (AvgIpc) is 2.93. The van der Waals surface area contributed by atoms with Crippen LogP contribution in [0.3, 0.4) is 0 Å². The monoisotopic (exact) mass is 393 g/mol. The Morgan fingerprint density at radius 3 is 1.83 bits per heavy atom. The topological polar surface area (TPSA) is 30.7 Å². The highest BCUT2D eigenvalue weighted by molar-refractivity contribution is 9.10. The first-order valence-corrected chi connectivity index (χ1v) is 10.5. The highest BCUT2D eigenvalue weighted by Gasteiger charge is 2.33. The summed E-state index contributed by atoms with van der Waals surface area (Å²) in [5.41, 5.74) is 0. The van der Waals surface area contributed by atoms with E-state index in [1.807, 2.05) is 0 Å². The Hall–Kier alpha value is -1.86. The molecule has 0 aliphatic rings. The van der Waals surface area contributed by atoms with Crippen molar-refractivity contribution in [2.24, 2.45) is 0 Å². The summed E-state index contributed by atoms with van der Waals surface area (Å²) >= 11 is 3.38. The second-order valence-corrected chi connectivity index (χ2v) is 10.4. The van der Waals surface area contributed by atoms with Crippen LogP contribution in [0.4, 0.5) is 8.78 Å². The molecule has 0 fully saturated rings. The molecule has 0 saturated heterocycles. The third-order valence-corrected chi connectivity index (χ3v) is 8.76. The quantitative estimate of drug-likeness (QED) is 0.638. The van der Waals surface area contributed by atoms with E-state index >= 15 is 0 Å². The van der Waals surface area contributed by atoms with Gasteiger partial charge in [0.25, 0.3) is 0 Å². The number of halogens is 3. The smallest absolute Gasteiger partial charge is 0.194 e. The first-order valence-electron chi connectivity index (χ1n) is 7.04. The Morgan fingerprint density at radius 1 is 0.957 bits per heavy atom. The predicted molar refractivity (Wildman–Crippen MR) is 91.4 cm³/mol. The third kappa shape index (κ3) is 3.25. The third-order valence-electron chi connectivity index (χ3n) is 4.00. The molecule has 118 valence electrons. The number of rotatable bonds is 4. The van der Waals surface area contributed by atoms with Gasteiger partial charge in [0.2, 0.25) is 0 Å². The van der Waals surface area contributed by atoms with Crippen LogP contribution >= 0.6 is 15.9 Å². The molecule has 0 aliphatic carbocycles. The fourth-order valence-electron chi connectivity index (χ4n) is 2.64. The summed E-state index contributed by atoms with van der Waals surface area (Å²) in [6.07, 6.45) is 2.10. The van der Waals surface area contributed by atoms with Crippen molar-refractivity contribution in [1.82, 2.24) is 14.8 Å². The van der Waals surface area contributed by atoms with Gasteiger partial charge < -0.3 is 0 Å². The zero-order valence-corrected chi connectivity index (χ0v) is 15.0. The first-order chi connectivity index (χ1) is 11.0. The molecule has 0 bridgehead atoms.